The lowest BCUT2D eigenvalue weighted by Gasteiger charge is -2.46. The summed E-state index contributed by atoms with van der Waals surface area (Å²) in [5, 5.41) is 61.6. The Morgan fingerprint density at radius 2 is 1.64 bits per heavy atom. The average Bonchev–Trinajstić information content (AvgIpc) is 2.61. The van der Waals surface area contributed by atoms with E-state index in [1.807, 2.05) is 0 Å². The van der Waals surface area contributed by atoms with Crippen molar-refractivity contribution in [1.82, 2.24) is 5.32 Å². The van der Waals surface area contributed by atoms with E-state index in [1.54, 1.807) is 6.92 Å². The maximum Gasteiger partial charge on any atom is 0.306 e. The molecule has 12 heteroatoms. The van der Waals surface area contributed by atoms with Crippen molar-refractivity contribution < 1.29 is 54.4 Å². The Morgan fingerprint density at radius 1 is 1.00 bits per heavy atom. The third-order valence-electron chi connectivity index (χ3n) is 4.85. The van der Waals surface area contributed by atoms with E-state index < -0.39 is 86.1 Å². The van der Waals surface area contributed by atoms with E-state index in [-0.39, 0.29) is 0 Å². The number of nitrogens with one attached hydrogen (secondary N) is 1. The first-order valence-electron chi connectivity index (χ1n) is 8.85. The Hall–Kier alpha value is -1.38. The first kappa shape index (κ1) is 22.9. The summed E-state index contributed by atoms with van der Waals surface area (Å²) in [6.45, 7) is 2.26. The predicted molar refractivity (Wildman–Crippen MR) is 88.8 cm³/mol. The summed E-state index contributed by atoms with van der Waals surface area (Å²) in [7, 11) is 0. The Kier molecular flexibility index (Phi) is 7.70. The van der Waals surface area contributed by atoms with E-state index in [9.17, 15) is 35.1 Å². The van der Waals surface area contributed by atoms with Crippen LogP contribution in [0.3, 0.4) is 0 Å². The number of amides is 1. The Bertz CT molecular complexity index is 561. The molecular weight excluding hydrogens is 382 g/mol. The van der Waals surface area contributed by atoms with Gasteiger partial charge in [-0.05, 0) is 6.92 Å². The van der Waals surface area contributed by atoms with E-state index in [0.717, 1.165) is 0 Å². The molecule has 2 saturated heterocycles. The molecule has 2 aliphatic rings. The zero-order chi connectivity index (χ0) is 21.2. The van der Waals surface area contributed by atoms with Crippen LogP contribution < -0.4 is 5.32 Å². The SMILES string of the molecule is CC(=O)NC1C(C)OC(CO)C(OC2OC(CC(=O)O)C(O)C(O)C2O)C1O. The molecule has 2 aliphatic heterocycles. The van der Waals surface area contributed by atoms with Crippen LogP contribution in [0.5, 0.6) is 0 Å². The van der Waals surface area contributed by atoms with Gasteiger partial charge in [-0.2, -0.15) is 0 Å². The highest BCUT2D eigenvalue weighted by molar-refractivity contribution is 5.73. The lowest BCUT2D eigenvalue weighted by molar-refractivity contribution is -0.332. The zero-order valence-electron chi connectivity index (χ0n) is 15.4. The van der Waals surface area contributed by atoms with Crippen LogP contribution in [0.1, 0.15) is 20.3 Å². The van der Waals surface area contributed by atoms with Gasteiger partial charge in [-0.3, -0.25) is 9.59 Å². The summed E-state index contributed by atoms with van der Waals surface area (Å²) in [6.07, 6.45) is -13.2. The monoisotopic (exact) mass is 409 g/mol. The van der Waals surface area contributed by atoms with E-state index in [1.165, 1.54) is 6.92 Å². The fourth-order valence-electron chi connectivity index (χ4n) is 3.42. The van der Waals surface area contributed by atoms with Crippen molar-refractivity contribution in [3.05, 3.63) is 0 Å². The summed E-state index contributed by atoms with van der Waals surface area (Å²) >= 11 is 0. The first-order chi connectivity index (χ1) is 13.1. The normalized spacial score (nSPS) is 44.1. The largest absolute Gasteiger partial charge is 0.481 e. The van der Waals surface area contributed by atoms with Gasteiger partial charge in [0.1, 0.15) is 36.6 Å². The van der Waals surface area contributed by atoms with E-state index >= 15 is 0 Å². The second kappa shape index (κ2) is 9.41. The average molecular weight is 409 g/mol. The van der Waals surface area contributed by atoms with Crippen LogP contribution in [0, 0.1) is 0 Å². The van der Waals surface area contributed by atoms with Gasteiger partial charge in [0.25, 0.3) is 0 Å². The van der Waals surface area contributed by atoms with E-state index in [2.05, 4.69) is 5.32 Å². The van der Waals surface area contributed by atoms with Gasteiger partial charge in [0.05, 0.1) is 31.3 Å². The van der Waals surface area contributed by atoms with Gasteiger partial charge in [-0.1, -0.05) is 0 Å². The summed E-state index contributed by atoms with van der Waals surface area (Å²) in [6, 6.07) is -0.892. The lowest BCUT2D eigenvalue weighted by Crippen LogP contribution is -2.66. The molecule has 2 heterocycles. The molecule has 2 fully saturated rings. The predicted octanol–water partition coefficient (Wildman–Crippen LogP) is -3.70. The maximum atomic E-state index is 11.4. The standard InChI is InChI=1S/C16H27NO11/c1-5-10(17-6(2)19)12(23)15(8(4-18)26-5)28-16-14(25)13(24)11(22)7(27-16)3-9(20)21/h5,7-8,10-16,18,22-25H,3-4H2,1-2H3,(H,17,19)(H,20,21). The number of aliphatic hydroxyl groups is 5. The highest BCUT2D eigenvalue weighted by Crippen LogP contribution is 2.29. The third-order valence-corrected chi connectivity index (χ3v) is 4.85. The quantitative estimate of drug-likeness (QED) is 0.228. The van der Waals surface area contributed by atoms with Gasteiger partial charge in [0, 0.05) is 6.92 Å². The topological polar surface area (TPSA) is 195 Å². The third kappa shape index (κ3) is 4.96. The number of hydrogen-bond donors (Lipinski definition) is 7. The molecular formula is C16H27NO11. The molecule has 0 aromatic rings. The van der Waals surface area contributed by atoms with Crippen LogP contribution in [0.25, 0.3) is 0 Å². The fraction of sp³-hybridized carbons (Fsp3) is 0.875. The van der Waals surface area contributed by atoms with E-state index in [0.29, 0.717) is 0 Å². The van der Waals surface area contributed by atoms with E-state index in [4.69, 9.17) is 19.3 Å². The fourth-order valence-corrected chi connectivity index (χ4v) is 3.42. The molecule has 12 nitrogen and oxygen atoms in total. The summed E-state index contributed by atoms with van der Waals surface area (Å²) in [5.74, 6) is -1.74. The lowest BCUT2D eigenvalue weighted by atomic mass is 9.92. The first-order valence-corrected chi connectivity index (χ1v) is 8.85. The Labute approximate surface area is 160 Å². The number of carbonyl (C=O) groups is 2. The molecule has 0 spiro atoms. The minimum Gasteiger partial charge on any atom is -0.481 e. The number of carboxylic acid groups (broad SMARTS) is 1. The molecule has 0 saturated carbocycles. The molecule has 10 unspecified atom stereocenters. The van der Waals surface area contributed by atoms with Gasteiger partial charge in [0.15, 0.2) is 6.29 Å². The zero-order valence-corrected chi connectivity index (χ0v) is 15.4. The molecule has 162 valence electrons. The smallest absolute Gasteiger partial charge is 0.306 e. The number of aliphatic carboxylic acids is 1. The number of ether oxygens (including phenoxy) is 3. The van der Waals surface area contributed by atoms with Gasteiger partial charge in [0.2, 0.25) is 5.91 Å². The number of hydrogen-bond acceptors (Lipinski definition) is 10. The summed E-state index contributed by atoms with van der Waals surface area (Å²) in [4.78, 5) is 22.3. The minimum absolute atomic E-state index is 0.435. The van der Waals surface area contributed by atoms with Crippen LogP contribution in [0.15, 0.2) is 0 Å². The van der Waals surface area contributed by atoms with Crippen molar-refractivity contribution in [2.24, 2.45) is 0 Å². The molecule has 1 amide bonds. The number of rotatable bonds is 6. The number of carbonyl (C=O) groups excluding carboxylic acids is 1. The highest BCUT2D eigenvalue weighted by atomic mass is 16.7. The minimum atomic E-state index is -1.76. The van der Waals surface area contributed by atoms with Crippen molar-refractivity contribution in [1.29, 1.82) is 0 Å². The molecule has 0 radical (unpaired) electrons. The van der Waals surface area contributed by atoms with Crippen molar-refractivity contribution >= 4 is 11.9 Å². The summed E-state index contributed by atoms with van der Waals surface area (Å²) < 4.78 is 16.4. The van der Waals surface area contributed by atoms with Crippen molar-refractivity contribution in [3.8, 4) is 0 Å². The van der Waals surface area contributed by atoms with Crippen molar-refractivity contribution in [3.63, 3.8) is 0 Å². The second-order valence-corrected chi connectivity index (χ2v) is 6.99. The van der Waals surface area contributed by atoms with Crippen molar-refractivity contribution in [2.75, 3.05) is 6.61 Å². The van der Waals surface area contributed by atoms with Gasteiger partial charge in [-0.15, -0.1) is 0 Å². The molecule has 10 atom stereocenters. The highest BCUT2D eigenvalue weighted by Gasteiger charge is 2.50. The molecule has 0 aromatic carbocycles. The molecule has 0 aromatic heterocycles. The van der Waals surface area contributed by atoms with Crippen molar-refractivity contribution in [2.45, 2.75) is 81.4 Å². The van der Waals surface area contributed by atoms with Crippen LogP contribution in [-0.4, -0.2) is 110 Å². The number of carboxylic acids is 1. The molecule has 0 bridgehead atoms. The number of aliphatic hydroxyl groups excluding tert-OH is 5. The van der Waals surface area contributed by atoms with Gasteiger partial charge in [-0.25, -0.2) is 0 Å². The molecule has 2 rings (SSSR count). The maximum absolute atomic E-state index is 11.4. The van der Waals surface area contributed by atoms with Crippen LogP contribution in [0.2, 0.25) is 0 Å². The van der Waals surface area contributed by atoms with Crippen LogP contribution in [-0.2, 0) is 23.8 Å². The second-order valence-electron chi connectivity index (χ2n) is 6.99. The van der Waals surface area contributed by atoms with Gasteiger partial charge < -0.3 is 50.2 Å². The van der Waals surface area contributed by atoms with Gasteiger partial charge >= 0.3 is 5.97 Å². The molecule has 7 N–H and O–H groups in total. The summed E-state index contributed by atoms with van der Waals surface area (Å²) in [5.41, 5.74) is 0. The molecule has 28 heavy (non-hydrogen) atoms. The van der Waals surface area contributed by atoms with Crippen LogP contribution >= 0.6 is 0 Å². The van der Waals surface area contributed by atoms with Crippen LogP contribution in [0.4, 0.5) is 0 Å². The molecule has 0 aliphatic carbocycles. The Morgan fingerprint density at radius 3 is 2.18 bits per heavy atom. The Balaban J connectivity index is 2.18.